The van der Waals surface area contributed by atoms with Crippen molar-refractivity contribution in [2.24, 2.45) is 0 Å². The molecule has 1 aliphatic rings. The second kappa shape index (κ2) is 9.57. The lowest BCUT2D eigenvalue weighted by molar-refractivity contribution is 0.286. The Bertz CT molecular complexity index is 972. The molecule has 0 N–H and O–H groups in total. The first-order valence-corrected chi connectivity index (χ1v) is 11.5. The Hall–Kier alpha value is -2.45. The van der Waals surface area contributed by atoms with E-state index in [0.29, 0.717) is 36.2 Å². The lowest BCUT2D eigenvalue weighted by Crippen LogP contribution is -2.32. The number of ether oxygens (including phenoxy) is 4. The number of methoxy groups -OCH3 is 2. The summed E-state index contributed by atoms with van der Waals surface area (Å²) in [4.78, 5) is 0.183. The highest BCUT2D eigenvalue weighted by molar-refractivity contribution is 7.89. The molecule has 164 valence electrons. The van der Waals surface area contributed by atoms with Crippen LogP contribution in [0.15, 0.2) is 41.3 Å². The number of nitrogens with zero attached hydrogens (tertiary/aromatic N) is 1. The van der Waals surface area contributed by atoms with E-state index < -0.39 is 10.0 Å². The summed E-state index contributed by atoms with van der Waals surface area (Å²) in [5, 5.41) is 0. The third-order valence-electron chi connectivity index (χ3n) is 4.89. The zero-order chi connectivity index (χ0) is 21.7. The van der Waals surface area contributed by atoms with Crippen LogP contribution < -0.4 is 18.9 Å². The van der Waals surface area contributed by atoms with E-state index in [-0.39, 0.29) is 17.5 Å². The summed E-state index contributed by atoms with van der Waals surface area (Å²) in [5.74, 6) is 2.23. The molecule has 8 heteroatoms. The summed E-state index contributed by atoms with van der Waals surface area (Å²) >= 11 is 0. The minimum Gasteiger partial charge on any atom is -0.497 e. The van der Waals surface area contributed by atoms with Crippen molar-refractivity contribution in [2.75, 3.05) is 27.4 Å². The van der Waals surface area contributed by atoms with Crippen molar-refractivity contribution in [1.82, 2.24) is 4.31 Å². The molecule has 1 fully saturated rings. The smallest absolute Gasteiger partial charge is 0.243 e. The van der Waals surface area contributed by atoms with Crippen molar-refractivity contribution in [1.29, 1.82) is 0 Å². The molecule has 0 aromatic heterocycles. The molecular formula is C22H29NO6S. The average molecular weight is 436 g/mol. The van der Waals surface area contributed by atoms with Gasteiger partial charge in [0.2, 0.25) is 10.0 Å². The number of benzene rings is 2. The van der Waals surface area contributed by atoms with Gasteiger partial charge in [0.15, 0.2) is 11.5 Å². The fourth-order valence-electron chi connectivity index (χ4n) is 3.27. The third-order valence-corrected chi connectivity index (χ3v) is 6.78. The van der Waals surface area contributed by atoms with Gasteiger partial charge in [0.25, 0.3) is 0 Å². The topological polar surface area (TPSA) is 74.3 Å². The molecule has 1 saturated carbocycles. The molecule has 0 aliphatic heterocycles. The molecule has 0 saturated heterocycles. The van der Waals surface area contributed by atoms with E-state index in [9.17, 15) is 8.42 Å². The number of hydrogen-bond acceptors (Lipinski definition) is 6. The van der Waals surface area contributed by atoms with Crippen LogP contribution in [0, 0.1) is 0 Å². The van der Waals surface area contributed by atoms with Gasteiger partial charge in [-0.05, 0) is 57.0 Å². The summed E-state index contributed by atoms with van der Waals surface area (Å²) in [6.07, 6.45) is 1.67. The Balaban J connectivity index is 1.97. The zero-order valence-electron chi connectivity index (χ0n) is 17.9. The first kappa shape index (κ1) is 22.2. The predicted molar refractivity (Wildman–Crippen MR) is 114 cm³/mol. The summed E-state index contributed by atoms with van der Waals surface area (Å²) in [6, 6.07) is 10.1. The highest BCUT2D eigenvalue weighted by atomic mass is 32.2. The Kier molecular flexibility index (Phi) is 7.10. The van der Waals surface area contributed by atoms with E-state index in [1.165, 1.54) is 4.31 Å². The molecule has 0 amide bonds. The Morgan fingerprint density at radius 1 is 0.900 bits per heavy atom. The van der Waals surface area contributed by atoms with E-state index in [0.717, 1.165) is 18.4 Å². The maximum Gasteiger partial charge on any atom is 0.243 e. The van der Waals surface area contributed by atoms with Gasteiger partial charge in [-0.15, -0.1) is 0 Å². The molecular weight excluding hydrogens is 406 g/mol. The standard InChI is InChI=1S/C22H29NO6S/c1-5-28-21-12-10-19(14-22(21)29-6-2)30(24,25)23(17-7-8-17)15-16-13-18(26-3)9-11-20(16)27-4/h9-14,17H,5-8,15H2,1-4H3. The maximum absolute atomic E-state index is 13.6. The van der Waals surface area contributed by atoms with Crippen LogP contribution in [0.1, 0.15) is 32.3 Å². The fourth-order valence-corrected chi connectivity index (χ4v) is 4.95. The normalized spacial score (nSPS) is 13.9. The largest absolute Gasteiger partial charge is 0.497 e. The van der Waals surface area contributed by atoms with Gasteiger partial charge in [-0.25, -0.2) is 8.42 Å². The van der Waals surface area contributed by atoms with Crippen LogP contribution >= 0.6 is 0 Å². The monoisotopic (exact) mass is 435 g/mol. The SMILES string of the molecule is CCOc1ccc(S(=O)(=O)N(Cc2cc(OC)ccc2OC)C2CC2)cc1OCC. The molecule has 0 spiro atoms. The van der Waals surface area contributed by atoms with E-state index in [4.69, 9.17) is 18.9 Å². The van der Waals surface area contributed by atoms with Crippen molar-refractivity contribution in [2.45, 2.75) is 44.2 Å². The highest BCUT2D eigenvalue weighted by Crippen LogP contribution is 2.38. The predicted octanol–water partition coefficient (Wildman–Crippen LogP) is 3.85. The zero-order valence-corrected chi connectivity index (χ0v) is 18.7. The summed E-state index contributed by atoms with van der Waals surface area (Å²) in [5.41, 5.74) is 0.753. The Labute approximate surface area is 178 Å². The molecule has 3 rings (SSSR count). The van der Waals surface area contributed by atoms with Gasteiger partial charge in [-0.3, -0.25) is 0 Å². The van der Waals surface area contributed by atoms with E-state index in [1.807, 2.05) is 19.9 Å². The molecule has 0 bridgehead atoms. The third kappa shape index (κ3) is 4.82. The molecule has 0 atom stereocenters. The molecule has 1 aliphatic carbocycles. The van der Waals surface area contributed by atoms with Crippen LogP contribution in [0.2, 0.25) is 0 Å². The number of sulfonamides is 1. The molecule has 30 heavy (non-hydrogen) atoms. The molecule has 2 aromatic rings. The summed E-state index contributed by atoms with van der Waals surface area (Å²) in [6.45, 7) is 4.80. The second-order valence-electron chi connectivity index (χ2n) is 6.93. The van der Waals surface area contributed by atoms with Crippen molar-refractivity contribution >= 4 is 10.0 Å². The lowest BCUT2D eigenvalue weighted by Gasteiger charge is -2.24. The molecule has 0 radical (unpaired) electrons. The van der Waals surface area contributed by atoms with Crippen molar-refractivity contribution in [3.63, 3.8) is 0 Å². The lowest BCUT2D eigenvalue weighted by atomic mass is 10.2. The molecule has 2 aromatic carbocycles. The molecule has 7 nitrogen and oxygen atoms in total. The minimum absolute atomic E-state index is 0.0342. The van der Waals surface area contributed by atoms with Gasteiger partial charge in [0.05, 0.1) is 32.3 Å². The van der Waals surface area contributed by atoms with Crippen LogP contribution in [0.4, 0.5) is 0 Å². The fraction of sp³-hybridized carbons (Fsp3) is 0.455. The Morgan fingerprint density at radius 3 is 2.17 bits per heavy atom. The van der Waals surface area contributed by atoms with Gasteiger partial charge in [-0.1, -0.05) is 0 Å². The van der Waals surface area contributed by atoms with Crippen molar-refractivity contribution in [3.05, 3.63) is 42.0 Å². The quantitative estimate of drug-likeness (QED) is 0.534. The maximum atomic E-state index is 13.6. The van der Waals surface area contributed by atoms with E-state index in [2.05, 4.69) is 0 Å². The van der Waals surface area contributed by atoms with E-state index >= 15 is 0 Å². The molecule has 0 unspecified atom stereocenters. The number of hydrogen-bond donors (Lipinski definition) is 0. The molecule has 0 heterocycles. The average Bonchev–Trinajstić information content (AvgIpc) is 3.58. The van der Waals surface area contributed by atoms with Gasteiger partial charge in [0.1, 0.15) is 11.5 Å². The minimum atomic E-state index is -3.75. The van der Waals surface area contributed by atoms with Crippen LogP contribution in [-0.2, 0) is 16.6 Å². The van der Waals surface area contributed by atoms with Gasteiger partial charge >= 0.3 is 0 Å². The van der Waals surface area contributed by atoms with Gasteiger partial charge < -0.3 is 18.9 Å². The van der Waals surface area contributed by atoms with Gasteiger partial charge in [0, 0.05) is 24.2 Å². The van der Waals surface area contributed by atoms with Crippen LogP contribution in [0.3, 0.4) is 0 Å². The van der Waals surface area contributed by atoms with Crippen molar-refractivity contribution in [3.8, 4) is 23.0 Å². The Morgan fingerprint density at radius 2 is 1.57 bits per heavy atom. The first-order valence-electron chi connectivity index (χ1n) is 10.1. The van der Waals surface area contributed by atoms with Crippen LogP contribution in [0.5, 0.6) is 23.0 Å². The highest BCUT2D eigenvalue weighted by Gasteiger charge is 2.39. The second-order valence-corrected chi connectivity index (χ2v) is 8.82. The van der Waals surface area contributed by atoms with Crippen LogP contribution in [0.25, 0.3) is 0 Å². The van der Waals surface area contributed by atoms with Gasteiger partial charge in [-0.2, -0.15) is 4.31 Å². The van der Waals surface area contributed by atoms with E-state index in [1.54, 1.807) is 44.6 Å². The number of rotatable bonds is 11. The van der Waals surface area contributed by atoms with Crippen LogP contribution in [-0.4, -0.2) is 46.2 Å². The van der Waals surface area contributed by atoms with Crippen molar-refractivity contribution < 1.29 is 27.4 Å². The summed E-state index contributed by atoms with van der Waals surface area (Å²) in [7, 11) is -0.601. The summed E-state index contributed by atoms with van der Waals surface area (Å²) < 4.78 is 50.6. The first-order chi connectivity index (χ1) is 14.4.